The number of hydrogen-bond donors (Lipinski definition) is 2. The van der Waals surface area contributed by atoms with E-state index in [1.807, 2.05) is 18.2 Å². The van der Waals surface area contributed by atoms with Gasteiger partial charge in [-0.15, -0.1) is 11.8 Å². The summed E-state index contributed by atoms with van der Waals surface area (Å²) in [7, 11) is 0. The molecule has 1 aromatic carbocycles. The molecule has 0 radical (unpaired) electrons. The van der Waals surface area contributed by atoms with Crippen LogP contribution < -0.4 is 10.6 Å². The van der Waals surface area contributed by atoms with Gasteiger partial charge in [0.1, 0.15) is 0 Å². The third-order valence-corrected chi connectivity index (χ3v) is 5.23. The van der Waals surface area contributed by atoms with Crippen LogP contribution in [0.4, 0.5) is 5.69 Å². The van der Waals surface area contributed by atoms with Gasteiger partial charge in [-0.05, 0) is 36.8 Å². The van der Waals surface area contributed by atoms with E-state index in [1.54, 1.807) is 11.8 Å². The van der Waals surface area contributed by atoms with Gasteiger partial charge in [-0.25, -0.2) is 0 Å². The minimum absolute atomic E-state index is 0.0557. The van der Waals surface area contributed by atoms with Gasteiger partial charge < -0.3 is 10.6 Å². The summed E-state index contributed by atoms with van der Waals surface area (Å²) in [6, 6.07) is 7.95. The molecule has 1 heterocycles. The summed E-state index contributed by atoms with van der Waals surface area (Å²) in [5, 5.41) is 5.86. The van der Waals surface area contributed by atoms with E-state index in [-0.39, 0.29) is 17.1 Å². The van der Waals surface area contributed by atoms with Gasteiger partial charge in [0.25, 0.3) is 0 Å². The number of carbonyl (C=O) groups is 2. The van der Waals surface area contributed by atoms with Crippen molar-refractivity contribution in [2.24, 2.45) is 5.92 Å². The SMILES string of the molecule is CC(C)CCNC(=O)CCSC1CCc2ccccc2NC1=O. The summed E-state index contributed by atoms with van der Waals surface area (Å²) in [5.74, 6) is 1.42. The number of carbonyl (C=O) groups excluding carboxylic acids is 2. The highest BCUT2D eigenvalue weighted by molar-refractivity contribution is 8.00. The minimum Gasteiger partial charge on any atom is -0.356 e. The minimum atomic E-state index is -0.0779. The highest BCUT2D eigenvalue weighted by Gasteiger charge is 2.23. The van der Waals surface area contributed by atoms with Crippen molar-refractivity contribution in [1.29, 1.82) is 0 Å². The zero-order valence-corrected chi connectivity index (χ0v) is 14.7. The van der Waals surface area contributed by atoms with Crippen molar-refractivity contribution in [3.05, 3.63) is 29.8 Å². The number of anilines is 1. The Labute approximate surface area is 142 Å². The van der Waals surface area contributed by atoms with E-state index >= 15 is 0 Å². The molecule has 1 aliphatic heterocycles. The summed E-state index contributed by atoms with van der Waals surface area (Å²) in [6.45, 7) is 5.02. The fourth-order valence-electron chi connectivity index (χ4n) is 2.53. The molecular weight excluding hydrogens is 308 g/mol. The van der Waals surface area contributed by atoms with Crippen LogP contribution in [0.5, 0.6) is 0 Å². The van der Waals surface area contributed by atoms with Crippen LogP contribution in [0.25, 0.3) is 0 Å². The van der Waals surface area contributed by atoms with Crippen LogP contribution in [-0.2, 0) is 16.0 Å². The second-order valence-corrected chi connectivity index (χ2v) is 7.64. The van der Waals surface area contributed by atoms with E-state index in [9.17, 15) is 9.59 Å². The van der Waals surface area contributed by atoms with Gasteiger partial charge in [0.15, 0.2) is 0 Å². The summed E-state index contributed by atoms with van der Waals surface area (Å²) < 4.78 is 0. The Balaban J connectivity index is 1.72. The number of rotatable bonds is 7. The molecule has 0 aliphatic carbocycles. The van der Waals surface area contributed by atoms with Crippen molar-refractivity contribution in [3.8, 4) is 0 Å². The largest absolute Gasteiger partial charge is 0.356 e. The number of amides is 2. The monoisotopic (exact) mass is 334 g/mol. The third kappa shape index (κ3) is 5.90. The predicted octanol–water partition coefficient (Wildman–Crippen LogP) is 3.23. The van der Waals surface area contributed by atoms with E-state index in [2.05, 4.69) is 30.5 Å². The summed E-state index contributed by atoms with van der Waals surface area (Å²) in [4.78, 5) is 24.0. The van der Waals surface area contributed by atoms with Crippen molar-refractivity contribution in [3.63, 3.8) is 0 Å². The molecular formula is C18H26N2O2S. The number of hydrogen-bond acceptors (Lipinski definition) is 3. The van der Waals surface area contributed by atoms with Gasteiger partial charge in [0, 0.05) is 24.4 Å². The molecule has 0 aromatic heterocycles. The molecule has 1 aliphatic rings. The van der Waals surface area contributed by atoms with Gasteiger partial charge >= 0.3 is 0 Å². The van der Waals surface area contributed by atoms with Crippen molar-refractivity contribution >= 4 is 29.3 Å². The number of fused-ring (bicyclic) bond motifs is 1. The molecule has 4 nitrogen and oxygen atoms in total. The molecule has 0 saturated carbocycles. The first-order valence-electron chi connectivity index (χ1n) is 8.33. The topological polar surface area (TPSA) is 58.2 Å². The van der Waals surface area contributed by atoms with E-state index in [0.29, 0.717) is 18.1 Å². The fraction of sp³-hybridized carbons (Fsp3) is 0.556. The lowest BCUT2D eigenvalue weighted by Gasteiger charge is -2.13. The molecule has 2 amide bonds. The van der Waals surface area contributed by atoms with Gasteiger partial charge in [-0.3, -0.25) is 9.59 Å². The van der Waals surface area contributed by atoms with Crippen molar-refractivity contribution < 1.29 is 9.59 Å². The molecule has 1 aromatic rings. The zero-order chi connectivity index (χ0) is 16.7. The second-order valence-electron chi connectivity index (χ2n) is 6.33. The van der Waals surface area contributed by atoms with E-state index in [0.717, 1.165) is 31.5 Å². The molecule has 23 heavy (non-hydrogen) atoms. The lowest BCUT2D eigenvalue weighted by Crippen LogP contribution is -2.27. The average molecular weight is 334 g/mol. The normalized spacial score (nSPS) is 17.3. The highest BCUT2D eigenvalue weighted by Crippen LogP contribution is 2.27. The lowest BCUT2D eigenvalue weighted by atomic mass is 10.1. The number of thioether (sulfide) groups is 1. The standard InChI is InChI=1S/C18H26N2O2S/c1-13(2)9-11-19-17(21)10-12-23-16-8-7-14-5-3-4-6-15(14)20-18(16)22/h3-6,13,16H,7-12H2,1-2H3,(H,19,21)(H,20,22). The number of para-hydroxylation sites is 1. The molecule has 1 atom stereocenters. The van der Waals surface area contributed by atoms with Crippen molar-refractivity contribution in [2.45, 2.75) is 44.8 Å². The quantitative estimate of drug-likeness (QED) is 0.805. The van der Waals surface area contributed by atoms with Crippen LogP contribution >= 0.6 is 11.8 Å². The van der Waals surface area contributed by atoms with E-state index in [4.69, 9.17) is 0 Å². The Morgan fingerprint density at radius 2 is 2.17 bits per heavy atom. The molecule has 0 fully saturated rings. The lowest BCUT2D eigenvalue weighted by molar-refractivity contribution is -0.120. The molecule has 0 saturated heterocycles. The molecule has 0 bridgehead atoms. The first-order chi connectivity index (χ1) is 11.1. The second kappa shape index (κ2) is 8.96. The number of aryl methyl sites for hydroxylation is 1. The van der Waals surface area contributed by atoms with Gasteiger partial charge in [0.05, 0.1) is 5.25 Å². The van der Waals surface area contributed by atoms with Crippen LogP contribution in [0.15, 0.2) is 24.3 Å². The van der Waals surface area contributed by atoms with Crippen LogP contribution in [-0.4, -0.2) is 29.4 Å². The molecule has 0 spiro atoms. The van der Waals surface area contributed by atoms with Crippen LogP contribution in [0.3, 0.4) is 0 Å². The summed E-state index contributed by atoms with van der Waals surface area (Å²) in [6.07, 6.45) is 3.19. The molecule has 126 valence electrons. The highest BCUT2D eigenvalue weighted by atomic mass is 32.2. The Morgan fingerprint density at radius 3 is 2.96 bits per heavy atom. The van der Waals surface area contributed by atoms with Crippen LogP contribution in [0.2, 0.25) is 0 Å². The Kier molecular flexibility index (Phi) is 6.96. The molecule has 5 heteroatoms. The fourth-order valence-corrected chi connectivity index (χ4v) is 3.62. The molecule has 2 rings (SSSR count). The van der Waals surface area contributed by atoms with Gasteiger partial charge in [-0.2, -0.15) is 0 Å². The first kappa shape index (κ1) is 17.9. The maximum atomic E-state index is 12.3. The maximum Gasteiger partial charge on any atom is 0.237 e. The van der Waals surface area contributed by atoms with E-state index < -0.39 is 0 Å². The molecule has 1 unspecified atom stereocenters. The third-order valence-electron chi connectivity index (χ3n) is 3.94. The van der Waals surface area contributed by atoms with Crippen molar-refractivity contribution in [1.82, 2.24) is 5.32 Å². The Morgan fingerprint density at radius 1 is 1.39 bits per heavy atom. The van der Waals surface area contributed by atoms with E-state index in [1.165, 1.54) is 5.56 Å². The Hall–Kier alpha value is -1.49. The summed E-state index contributed by atoms with van der Waals surface area (Å²) in [5.41, 5.74) is 2.11. The predicted molar refractivity (Wildman–Crippen MR) is 96.7 cm³/mol. The van der Waals surface area contributed by atoms with Crippen LogP contribution in [0.1, 0.15) is 38.7 Å². The van der Waals surface area contributed by atoms with Gasteiger partial charge in [-0.1, -0.05) is 32.0 Å². The number of nitrogens with one attached hydrogen (secondary N) is 2. The van der Waals surface area contributed by atoms with Crippen molar-refractivity contribution in [2.75, 3.05) is 17.6 Å². The smallest absolute Gasteiger partial charge is 0.237 e. The first-order valence-corrected chi connectivity index (χ1v) is 9.38. The zero-order valence-electron chi connectivity index (χ0n) is 13.9. The molecule has 2 N–H and O–H groups in total. The maximum absolute atomic E-state index is 12.3. The number of benzene rings is 1. The van der Waals surface area contributed by atoms with Crippen LogP contribution in [0, 0.1) is 5.92 Å². The average Bonchev–Trinajstić information content (AvgIpc) is 2.66. The Bertz CT molecular complexity index is 546. The van der Waals surface area contributed by atoms with Gasteiger partial charge in [0.2, 0.25) is 11.8 Å². The summed E-state index contributed by atoms with van der Waals surface area (Å²) >= 11 is 1.58.